The molecule has 0 aliphatic carbocycles. The molecular weight excluding hydrogens is 344 g/mol. The number of amides is 1. The molecule has 3 rings (SSSR count). The van der Waals surface area contributed by atoms with Gasteiger partial charge in [-0.05, 0) is 46.6 Å². The summed E-state index contributed by atoms with van der Waals surface area (Å²) >= 11 is 0. The maximum atomic E-state index is 12.3. The zero-order valence-corrected chi connectivity index (χ0v) is 16.7. The van der Waals surface area contributed by atoms with Gasteiger partial charge in [0.15, 0.2) is 0 Å². The Bertz CT molecular complexity index is 855. The third-order valence-corrected chi connectivity index (χ3v) is 5.03. The van der Waals surface area contributed by atoms with Gasteiger partial charge in [0.1, 0.15) is 5.60 Å². The van der Waals surface area contributed by atoms with E-state index in [1.165, 1.54) is 7.11 Å². The summed E-state index contributed by atoms with van der Waals surface area (Å²) in [6, 6.07) is 8.14. The van der Waals surface area contributed by atoms with Gasteiger partial charge in [-0.15, -0.1) is 0 Å². The summed E-state index contributed by atoms with van der Waals surface area (Å²) in [4.78, 5) is 26.4. The van der Waals surface area contributed by atoms with E-state index >= 15 is 0 Å². The number of hydrogen-bond donors (Lipinski definition) is 0. The van der Waals surface area contributed by atoms with E-state index in [1.807, 2.05) is 52.0 Å². The largest absolute Gasteiger partial charge is 0.465 e. The van der Waals surface area contributed by atoms with Gasteiger partial charge in [0.25, 0.3) is 0 Å². The number of piperidine rings is 1. The van der Waals surface area contributed by atoms with Crippen molar-refractivity contribution in [3.05, 3.63) is 35.5 Å². The maximum absolute atomic E-state index is 12.3. The Hall–Kier alpha value is -2.50. The van der Waals surface area contributed by atoms with Gasteiger partial charge in [0.05, 0.1) is 12.7 Å². The van der Waals surface area contributed by atoms with E-state index < -0.39 is 5.60 Å². The lowest BCUT2D eigenvalue weighted by Gasteiger charge is -2.34. The van der Waals surface area contributed by atoms with Crippen molar-refractivity contribution in [1.29, 1.82) is 0 Å². The number of likely N-dealkylation sites (tertiary alicyclic amines) is 1. The molecule has 1 saturated heterocycles. The van der Waals surface area contributed by atoms with Crippen molar-refractivity contribution in [2.75, 3.05) is 20.2 Å². The fourth-order valence-corrected chi connectivity index (χ4v) is 3.85. The summed E-state index contributed by atoms with van der Waals surface area (Å²) in [7, 11) is 1.41. The molecule has 0 saturated carbocycles. The zero-order valence-electron chi connectivity index (χ0n) is 16.7. The number of ether oxygens (including phenoxy) is 2. The number of nitrogens with zero attached hydrogens (tertiary/aromatic N) is 2. The number of aromatic nitrogens is 1. The molecule has 6 heteroatoms. The van der Waals surface area contributed by atoms with Gasteiger partial charge in [-0.2, -0.15) is 0 Å². The summed E-state index contributed by atoms with van der Waals surface area (Å²) in [6.07, 6.45) is 1.38. The van der Waals surface area contributed by atoms with Gasteiger partial charge in [0, 0.05) is 35.7 Å². The lowest BCUT2D eigenvalue weighted by atomic mass is 10.0. The third-order valence-electron chi connectivity index (χ3n) is 5.03. The topological polar surface area (TPSA) is 60.8 Å². The molecule has 0 radical (unpaired) electrons. The van der Waals surface area contributed by atoms with Crippen LogP contribution in [0.2, 0.25) is 0 Å². The van der Waals surface area contributed by atoms with Crippen molar-refractivity contribution in [3.63, 3.8) is 0 Å². The fourth-order valence-electron chi connectivity index (χ4n) is 3.85. The molecule has 1 aliphatic rings. The zero-order chi connectivity index (χ0) is 19.8. The molecule has 2 aromatic rings. The Morgan fingerprint density at radius 2 is 1.74 bits per heavy atom. The highest BCUT2D eigenvalue weighted by Gasteiger charge is 2.30. The summed E-state index contributed by atoms with van der Waals surface area (Å²) in [6.45, 7) is 8.87. The molecular formula is C21H28N2O4. The molecule has 0 N–H and O–H groups in total. The summed E-state index contributed by atoms with van der Waals surface area (Å²) < 4.78 is 12.7. The first kappa shape index (κ1) is 19.3. The van der Waals surface area contributed by atoms with Gasteiger partial charge in [-0.1, -0.05) is 18.2 Å². The number of para-hydroxylation sites is 1. The smallest absolute Gasteiger partial charge is 0.410 e. The molecule has 2 heterocycles. The first-order valence-electron chi connectivity index (χ1n) is 9.38. The number of carbonyl (C=O) groups excluding carboxylic acids is 2. The van der Waals surface area contributed by atoms with Crippen molar-refractivity contribution >= 4 is 23.0 Å². The molecule has 1 fully saturated rings. The van der Waals surface area contributed by atoms with Gasteiger partial charge in [0.2, 0.25) is 0 Å². The second kappa shape index (κ2) is 7.25. The molecule has 1 aromatic heterocycles. The Labute approximate surface area is 160 Å². The second-order valence-electron chi connectivity index (χ2n) is 8.04. The first-order valence-corrected chi connectivity index (χ1v) is 9.38. The third kappa shape index (κ3) is 3.80. The van der Waals surface area contributed by atoms with E-state index in [0.29, 0.717) is 18.7 Å². The van der Waals surface area contributed by atoms with Crippen LogP contribution in [0.15, 0.2) is 24.3 Å². The van der Waals surface area contributed by atoms with Crippen LogP contribution in [0.4, 0.5) is 4.79 Å². The number of fused-ring (bicyclic) bond motifs is 1. The Kier molecular flexibility index (Phi) is 5.18. The maximum Gasteiger partial charge on any atom is 0.410 e. The number of carbonyl (C=O) groups is 2. The predicted octanol–water partition coefficient (Wildman–Crippen LogP) is 4.31. The Balaban J connectivity index is 1.85. The minimum Gasteiger partial charge on any atom is -0.465 e. The molecule has 6 nitrogen and oxygen atoms in total. The van der Waals surface area contributed by atoms with Crippen LogP contribution in [0.3, 0.4) is 0 Å². The minimum atomic E-state index is -0.490. The van der Waals surface area contributed by atoms with Crippen molar-refractivity contribution in [1.82, 2.24) is 9.47 Å². The highest BCUT2D eigenvalue weighted by atomic mass is 16.6. The van der Waals surface area contributed by atoms with Crippen molar-refractivity contribution in [2.45, 2.75) is 52.2 Å². The highest BCUT2D eigenvalue weighted by molar-refractivity contribution is 6.05. The fraction of sp³-hybridized carbons (Fsp3) is 0.524. The number of methoxy groups -OCH3 is 1. The Morgan fingerprint density at radius 3 is 2.33 bits per heavy atom. The Morgan fingerprint density at radius 1 is 1.11 bits per heavy atom. The van der Waals surface area contributed by atoms with Gasteiger partial charge in [-0.25, -0.2) is 9.59 Å². The van der Waals surface area contributed by atoms with Crippen LogP contribution in [-0.2, 0) is 9.47 Å². The van der Waals surface area contributed by atoms with Crippen molar-refractivity contribution < 1.29 is 19.1 Å². The molecule has 0 unspecified atom stereocenters. The number of esters is 1. The van der Waals surface area contributed by atoms with Crippen LogP contribution in [0.25, 0.3) is 10.9 Å². The van der Waals surface area contributed by atoms with Gasteiger partial charge >= 0.3 is 12.1 Å². The highest BCUT2D eigenvalue weighted by Crippen LogP contribution is 2.34. The van der Waals surface area contributed by atoms with Crippen LogP contribution in [0, 0.1) is 6.92 Å². The van der Waals surface area contributed by atoms with Crippen LogP contribution in [0.1, 0.15) is 55.7 Å². The van der Waals surface area contributed by atoms with E-state index in [2.05, 4.69) is 4.57 Å². The van der Waals surface area contributed by atoms with E-state index in [0.717, 1.165) is 29.4 Å². The quantitative estimate of drug-likeness (QED) is 0.737. The first-order chi connectivity index (χ1) is 12.7. The van der Waals surface area contributed by atoms with E-state index in [4.69, 9.17) is 9.47 Å². The SMILES string of the molecule is COC(=O)c1c(C)n(C2CCN(C(=O)OC(C)(C)C)CC2)c2ccccc12. The molecule has 27 heavy (non-hydrogen) atoms. The van der Waals surface area contributed by atoms with E-state index in [1.54, 1.807) is 4.90 Å². The molecule has 0 spiro atoms. The number of hydrogen-bond acceptors (Lipinski definition) is 4. The summed E-state index contributed by atoms with van der Waals surface area (Å²) in [5.41, 5.74) is 2.09. The summed E-state index contributed by atoms with van der Waals surface area (Å²) in [5.74, 6) is -0.311. The molecule has 146 valence electrons. The second-order valence-corrected chi connectivity index (χ2v) is 8.04. The normalized spacial score (nSPS) is 15.8. The lowest BCUT2D eigenvalue weighted by molar-refractivity contribution is 0.0189. The molecule has 1 aliphatic heterocycles. The molecule has 0 atom stereocenters. The molecule has 1 aromatic carbocycles. The number of rotatable bonds is 2. The molecule has 0 bridgehead atoms. The van der Waals surface area contributed by atoms with Crippen LogP contribution >= 0.6 is 0 Å². The predicted molar refractivity (Wildman–Crippen MR) is 104 cm³/mol. The van der Waals surface area contributed by atoms with E-state index in [-0.39, 0.29) is 18.1 Å². The van der Waals surface area contributed by atoms with Crippen molar-refractivity contribution in [2.24, 2.45) is 0 Å². The number of benzene rings is 1. The van der Waals surface area contributed by atoms with Crippen LogP contribution < -0.4 is 0 Å². The average Bonchev–Trinajstić information content (AvgIpc) is 2.91. The van der Waals surface area contributed by atoms with Crippen LogP contribution in [0.5, 0.6) is 0 Å². The summed E-state index contributed by atoms with van der Waals surface area (Å²) in [5, 5.41) is 0.913. The van der Waals surface area contributed by atoms with Gasteiger partial charge < -0.3 is 18.9 Å². The molecule has 1 amide bonds. The lowest BCUT2D eigenvalue weighted by Crippen LogP contribution is -2.42. The monoisotopic (exact) mass is 372 g/mol. The standard InChI is InChI=1S/C21H28N2O4/c1-14-18(19(24)26-5)16-8-6-7-9-17(16)23(14)15-10-12-22(13-11-15)20(25)27-21(2,3)4/h6-9,15H,10-13H2,1-5H3. The van der Waals surface area contributed by atoms with Gasteiger partial charge in [-0.3, -0.25) is 0 Å². The minimum absolute atomic E-state index is 0.229. The van der Waals surface area contributed by atoms with E-state index in [9.17, 15) is 9.59 Å². The van der Waals surface area contributed by atoms with Crippen LogP contribution in [-0.4, -0.2) is 47.3 Å². The van der Waals surface area contributed by atoms with Crippen molar-refractivity contribution in [3.8, 4) is 0 Å². The average molecular weight is 372 g/mol.